The lowest BCUT2D eigenvalue weighted by Gasteiger charge is -2.04. The van der Waals surface area contributed by atoms with Gasteiger partial charge < -0.3 is 15.3 Å². The maximum Gasteiger partial charge on any atom is 0.123 e. The maximum absolute atomic E-state index is 5.06. The van der Waals surface area contributed by atoms with Crippen molar-refractivity contribution in [2.24, 2.45) is 10.9 Å². The van der Waals surface area contributed by atoms with Crippen LogP contribution in [0.1, 0.15) is 5.56 Å². The molecule has 0 aliphatic carbocycles. The highest BCUT2D eigenvalue weighted by atomic mass is 16.5. The molecular weight excluding hydrogens is 168 g/mol. The van der Waals surface area contributed by atoms with E-state index in [1.165, 1.54) is 6.21 Å². The van der Waals surface area contributed by atoms with Crippen molar-refractivity contribution < 1.29 is 9.47 Å². The van der Waals surface area contributed by atoms with Gasteiger partial charge in [0.25, 0.3) is 0 Å². The summed E-state index contributed by atoms with van der Waals surface area (Å²) >= 11 is 0. The van der Waals surface area contributed by atoms with Crippen molar-refractivity contribution in [3.63, 3.8) is 0 Å². The van der Waals surface area contributed by atoms with Gasteiger partial charge in [-0.1, -0.05) is 0 Å². The van der Waals surface area contributed by atoms with Crippen LogP contribution in [0.5, 0.6) is 11.5 Å². The van der Waals surface area contributed by atoms with E-state index < -0.39 is 0 Å². The Morgan fingerprint density at radius 2 is 1.69 bits per heavy atom. The summed E-state index contributed by atoms with van der Waals surface area (Å²) in [6.07, 6.45) is 1.53. The molecule has 0 radical (unpaired) electrons. The van der Waals surface area contributed by atoms with Crippen LogP contribution in [0.4, 0.5) is 0 Å². The number of methoxy groups -OCH3 is 2. The maximum atomic E-state index is 5.06. The van der Waals surface area contributed by atoms with E-state index in [0.717, 1.165) is 5.56 Å². The number of nitrogens with zero attached hydrogens (tertiary/aromatic N) is 1. The van der Waals surface area contributed by atoms with Crippen LogP contribution >= 0.6 is 0 Å². The van der Waals surface area contributed by atoms with Gasteiger partial charge in [-0.2, -0.15) is 5.10 Å². The van der Waals surface area contributed by atoms with E-state index in [9.17, 15) is 0 Å². The molecular formula is C9H12N2O2. The molecule has 1 aromatic rings. The number of nitrogens with two attached hydrogens (primary N) is 1. The molecule has 0 aliphatic rings. The zero-order valence-corrected chi connectivity index (χ0v) is 7.65. The minimum absolute atomic E-state index is 0.717. The van der Waals surface area contributed by atoms with Gasteiger partial charge in [0.2, 0.25) is 0 Å². The van der Waals surface area contributed by atoms with E-state index in [2.05, 4.69) is 5.10 Å². The quantitative estimate of drug-likeness (QED) is 0.429. The number of hydrazone groups is 1. The third kappa shape index (κ3) is 2.37. The Morgan fingerprint density at radius 3 is 2.08 bits per heavy atom. The number of rotatable bonds is 3. The minimum atomic E-state index is 0.717. The first-order valence-electron chi connectivity index (χ1n) is 3.76. The van der Waals surface area contributed by atoms with Crippen LogP contribution < -0.4 is 15.3 Å². The largest absolute Gasteiger partial charge is 0.497 e. The summed E-state index contributed by atoms with van der Waals surface area (Å²) in [7, 11) is 3.19. The van der Waals surface area contributed by atoms with Crippen molar-refractivity contribution in [3.05, 3.63) is 23.8 Å². The predicted octanol–water partition coefficient (Wildman–Crippen LogP) is 0.996. The molecule has 0 heterocycles. The fourth-order valence-corrected chi connectivity index (χ4v) is 0.990. The topological polar surface area (TPSA) is 56.8 Å². The molecule has 0 saturated carbocycles. The fourth-order valence-electron chi connectivity index (χ4n) is 0.990. The van der Waals surface area contributed by atoms with E-state index in [1.54, 1.807) is 20.3 Å². The molecule has 0 saturated heterocycles. The van der Waals surface area contributed by atoms with E-state index in [-0.39, 0.29) is 0 Å². The molecule has 2 N–H and O–H groups in total. The molecule has 4 nitrogen and oxygen atoms in total. The first-order chi connectivity index (χ1) is 6.30. The molecule has 0 aliphatic heterocycles. The Labute approximate surface area is 77.0 Å². The van der Waals surface area contributed by atoms with Crippen molar-refractivity contribution in [1.29, 1.82) is 0 Å². The molecule has 13 heavy (non-hydrogen) atoms. The Bertz CT molecular complexity index is 288. The average molecular weight is 180 g/mol. The summed E-state index contributed by atoms with van der Waals surface area (Å²) in [6.45, 7) is 0. The second-order valence-corrected chi connectivity index (χ2v) is 2.42. The molecule has 0 spiro atoms. The van der Waals surface area contributed by atoms with Gasteiger partial charge in [-0.25, -0.2) is 0 Å². The van der Waals surface area contributed by atoms with E-state index in [1.807, 2.05) is 12.1 Å². The first-order valence-corrected chi connectivity index (χ1v) is 3.76. The van der Waals surface area contributed by atoms with Gasteiger partial charge in [0, 0.05) is 11.6 Å². The van der Waals surface area contributed by atoms with E-state index >= 15 is 0 Å². The number of ether oxygens (including phenoxy) is 2. The molecule has 1 aromatic carbocycles. The Balaban J connectivity index is 3.07. The van der Waals surface area contributed by atoms with Gasteiger partial charge in [0.15, 0.2) is 0 Å². The Hall–Kier alpha value is -1.71. The molecule has 0 unspecified atom stereocenters. The third-order valence-corrected chi connectivity index (χ3v) is 1.60. The first kappa shape index (κ1) is 9.38. The van der Waals surface area contributed by atoms with Crippen molar-refractivity contribution >= 4 is 6.21 Å². The molecule has 0 atom stereocenters. The highest BCUT2D eigenvalue weighted by Crippen LogP contribution is 2.21. The summed E-state index contributed by atoms with van der Waals surface area (Å²) < 4.78 is 10.1. The molecule has 0 bridgehead atoms. The predicted molar refractivity (Wildman–Crippen MR) is 51.3 cm³/mol. The highest BCUT2D eigenvalue weighted by Gasteiger charge is 1.98. The van der Waals surface area contributed by atoms with Gasteiger partial charge in [-0.15, -0.1) is 0 Å². The third-order valence-electron chi connectivity index (χ3n) is 1.60. The van der Waals surface area contributed by atoms with E-state index in [4.69, 9.17) is 15.3 Å². The van der Waals surface area contributed by atoms with Gasteiger partial charge in [-0.05, 0) is 12.1 Å². The zero-order valence-electron chi connectivity index (χ0n) is 7.65. The van der Waals surface area contributed by atoms with Crippen molar-refractivity contribution in [3.8, 4) is 11.5 Å². The smallest absolute Gasteiger partial charge is 0.123 e. The molecule has 70 valence electrons. The van der Waals surface area contributed by atoms with Gasteiger partial charge in [0.05, 0.1) is 20.4 Å². The van der Waals surface area contributed by atoms with Crippen molar-refractivity contribution in [2.75, 3.05) is 14.2 Å². The highest BCUT2D eigenvalue weighted by molar-refractivity contribution is 5.80. The number of hydrogen-bond donors (Lipinski definition) is 1. The minimum Gasteiger partial charge on any atom is -0.497 e. The number of benzene rings is 1. The van der Waals surface area contributed by atoms with Crippen LogP contribution in [0.15, 0.2) is 23.3 Å². The normalized spacial score (nSPS) is 10.3. The Morgan fingerprint density at radius 1 is 1.15 bits per heavy atom. The summed E-state index contributed by atoms with van der Waals surface area (Å²) in [4.78, 5) is 0. The van der Waals surface area contributed by atoms with Gasteiger partial charge >= 0.3 is 0 Å². The van der Waals surface area contributed by atoms with Gasteiger partial charge in [-0.3, -0.25) is 0 Å². The summed E-state index contributed by atoms with van der Waals surface area (Å²) in [5.74, 6) is 6.47. The SMILES string of the molecule is COc1cc(/C=N/N)cc(OC)c1. The standard InChI is InChI=1S/C9H12N2O2/c1-12-8-3-7(6-11-10)4-9(5-8)13-2/h3-6H,10H2,1-2H3/b11-6+. The van der Waals surface area contributed by atoms with Crippen LogP contribution in [0.3, 0.4) is 0 Å². The lowest BCUT2D eigenvalue weighted by Crippen LogP contribution is -1.91. The van der Waals surface area contributed by atoms with E-state index in [0.29, 0.717) is 11.5 Å². The molecule has 1 rings (SSSR count). The molecule has 0 fully saturated rings. The van der Waals surface area contributed by atoms with Gasteiger partial charge in [0.1, 0.15) is 11.5 Å². The summed E-state index contributed by atoms with van der Waals surface area (Å²) in [6, 6.07) is 5.42. The lowest BCUT2D eigenvalue weighted by molar-refractivity contribution is 0.394. The lowest BCUT2D eigenvalue weighted by atomic mass is 10.2. The second kappa shape index (κ2) is 4.35. The fraction of sp³-hybridized carbons (Fsp3) is 0.222. The van der Waals surface area contributed by atoms with Crippen LogP contribution in [-0.2, 0) is 0 Å². The van der Waals surface area contributed by atoms with Crippen LogP contribution in [0.2, 0.25) is 0 Å². The van der Waals surface area contributed by atoms with Crippen molar-refractivity contribution in [2.45, 2.75) is 0 Å². The van der Waals surface area contributed by atoms with Crippen LogP contribution in [0, 0.1) is 0 Å². The average Bonchev–Trinajstić information content (AvgIpc) is 2.17. The van der Waals surface area contributed by atoms with Crippen molar-refractivity contribution in [1.82, 2.24) is 0 Å². The van der Waals surface area contributed by atoms with Crippen LogP contribution in [0.25, 0.3) is 0 Å². The second-order valence-electron chi connectivity index (χ2n) is 2.42. The monoisotopic (exact) mass is 180 g/mol. The molecule has 0 aromatic heterocycles. The molecule has 4 heteroatoms. The number of hydrogen-bond acceptors (Lipinski definition) is 4. The summed E-state index contributed by atoms with van der Waals surface area (Å²) in [5, 5.41) is 3.42. The zero-order chi connectivity index (χ0) is 9.68. The molecule has 0 amide bonds. The van der Waals surface area contributed by atoms with Crippen LogP contribution in [-0.4, -0.2) is 20.4 Å². The summed E-state index contributed by atoms with van der Waals surface area (Å²) in [5.41, 5.74) is 0.846. The Kier molecular flexibility index (Phi) is 3.14.